The van der Waals surface area contributed by atoms with Gasteiger partial charge < -0.3 is 0 Å². The van der Waals surface area contributed by atoms with E-state index in [0.29, 0.717) is 17.0 Å². The molecule has 2 saturated heterocycles. The molecule has 82 valence electrons. The van der Waals surface area contributed by atoms with Crippen molar-refractivity contribution < 1.29 is 8.42 Å². The third-order valence-corrected chi connectivity index (χ3v) is 6.32. The molecule has 2 heterocycles. The van der Waals surface area contributed by atoms with Crippen molar-refractivity contribution in [2.75, 3.05) is 18.1 Å². The van der Waals surface area contributed by atoms with Crippen LogP contribution < -0.4 is 0 Å². The summed E-state index contributed by atoms with van der Waals surface area (Å²) in [5.41, 5.74) is 0. The Bertz CT molecular complexity index is 302. The first-order chi connectivity index (χ1) is 6.63. The third kappa shape index (κ3) is 1.95. The highest BCUT2D eigenvalue weighted by Gasteiger charge is 2.43. The van der Waals surface area contributed by atoms with Crippen LogP contribution in [0.4, 0.5) is 0 Å². The third-order valence-electron chi connectivity index (χ3n) is 2.96. The van der Waals surface area contributed by atoms with Gasteiger partial charge in [-0.2, -0.15) is 16.1 Å². The number of thioether (sulfide) groups is 1. The van der Waals surface area contributed by atoms with Crippen molar-refractivity contribution in [3.8, 4) is 0 Å². The molecule has 0 aromatic heterocycles. The molecule has 2 fully saturated rings. The molecule has 0 N–H and O–H groups in total. The smallest absolute Gasteiger partial charge is 0.212 e. The second-order valence-corrected chi connectivity index (χ2v) is 7.46. The van der Waals surface area contributed by atoms with Gasteiger partial charge in [-0.15, -0.1) is 0 Å². The van der Waals surface area contributed by atoms with Crippen LogP contribution in [0, 0.1) is 0 Å². The van der Waals surface area contributed by atoms with E-state index in [-0.39, 0.29) is 0 Å². The van der Waals surface area contributed by atoms with Gasteiger partial charge in [0.25, 0.3) is 0 Å². The molecule has 2 unspecified atom stereocenters. The number of hydrogen-bond donors (Lipinski definition) is 0. The number of nitrogens with zero attached hydrogens (tertiary/aromatic N) is 1. The number of unbranched alkanes of at least 4 members (excludes halogenated alkanes) is 1. The molecule has 0 aromatic carbocycles. The number of rotatable bonds is 4. The predicted molar refractivity (Wildman–Crippen MR) is 60.1 cm³/mol. The lowest BCUT2D eigenvalue weighted by Gasteiger charge is -2.25. The minimum absolute atomic E-state index is 0.312. The van der Waals surface area contributed by atoms with Crippen LogP contribution in [0.2, 0.25) is 0 Å². The zero-order valence-electron chi connectivity index (χ0n) is 8.48. The first-order valence-corrected chi connectivity index (χ1v) is 7.90. The van der Waals surface area contributed by atoms with E-state index in [4.69, 9.17) is 0 Å². The highest BCUT2D eigenvalue weighted by atomic mass is 32.2. The normalized spacial score (nSPS) is 32.6. The maximum atomic E-state index is 11.9. The zero-order valence-corrected chi connectivity index (χ0v) is 10.1. The summed E-state index contributed by atoms with van der Waals surface area (Å²) >= 11 is 1.93. The highest BCUT2D eigenvalue weighted by Crippen LogP contribution is 2.39. The summed E-state index contributed by atoms with van der Waals surface area (Å²) in [6.45, 7) is 2.79. The standard InChI is InChI=1S/C9H17NO2S2/c1-2-3-4-14(11,12)10-6-9-5-8(10)7-13-9/h8-9H,2-7H2,1H3. The molecule has 0 aromatic rings. The van der Waals surface area contributed by atoms with Gasteiger partial charge in [0, 0.05) is 23.6 Å². The lowest BCUT2D eigenvalue weighted by atomic mass is 10.3. The second kappa shape index (κ2) is 4.02. The van der Waals surface area contributed by atoms with Gasteiger partial charge in [-0.05, 0) is 12.8 Å². The molecular weight excluding hydrogens is 218 g/mol. The van der Waals surface area contributed by atoms with Crippen LogP contribution >= 0.6 is 11.8 Å². The summed E-state index contributed by atoms with van der Waals surface area (Å²) < 4.78 is 25.6. The summed E-state index contributed by atoms with van der Waals surface area (Å²) in [5.74, 6) is 1.35. The van der Waals surface area contributed by atoms with Crippen LogP contribution in [0.25, 0.3) is 0 Å². The van der Waals surface area contributed by atoms with Crippen LogP contribution in [0.15, 0.2) is 0 Å². The largest absolute Gasteiger partial charge is 0.214 e. The van der Waals surface area contributed by atoms with E-state index >= 15 is 0 Å². The molecule has 2 atom stereocenters. The minimum Gasteiger partial charge on any atom is -0.212 e. The lowest BCUT2D eigenvalue weighted by molar-refractivity contribution is 0.409. The Morgan fingerprint density at radius 3 is 2.79 bits per heavy atom. The number of sulfonamides is 1. The van der Waals surface area contributed by atoms with Gasteiger partial charge in [0.05, 0.1) is 5.75 Å². The van der Waals surface area contributed by atoms with Gasteiger partial charge in [0.2, 0.25) is 10.0 Å². The maximum Gasteiger partial charge on any atom is 0.214 e. The predicted octanol–water partition coefficient (Wildman–Crippen LogP) is 1.31. The van der Waals surface area contributed by atoms with E-state index in [1.807, 2.05) is 18.7 Å². The Morgan fingerprint density at radius 1 is 1.50 bits per heavy atom. The van der Waals surface area contributed by atoms with Crippen LogP contribution in [0.1, 0.15) is 26.2 Å². The van der Waals surface area contributed by atoms with E-state index in [9.17, 15) is 8.42 Å². The first-order valence-electron chi connectivity index (χ1n) is 5.24. The van der Waals surface area contributed by atoms with Crippen molar-refractivity contribution in [3.05, 3.63) is 0 Å². The fourth-order valence-corrected chi connectivity index (χ4v) is 5.68. The summed E-state index contributed by atoms with van der Waals surface area (Å²) in [5, 5.41) is 0.580. The summed E-state index contributed by atoms with van der Waals surface area (Å²) in [4.78, 5) is 0. The Kier molecular flexibility index (Phi) is 3.09. The Labute approximate surface area is 90.3 Å². The van der Waals surface area contributed by atoms with Crippen molar-refractivity contribution in [3.63, 3.8) is 0 Å². The highest BCUT2D eigenvalue weighted by molar-refractivity contribution is 8.00. The quantitative estimate of drug-likeness (QED) is 0.737. The molecule has 14 heavy (non-hydrogen) atoms. The Hall–Kier alpha value is 0.260. The van der Waals surface area contributed by atoms with Crippen molar-refractivity contribution in [2.45, 2.75) is 37.5 Å². The zero-order chi connectivity index (χ0) is 10.2. The van der Waals surface area contributed by atoms with Crippen LogP contribution in [0.3, 0.4) is 0 Å². The van der Waals surface area contributed by atoms with E-state index in [0.717, 1.165) is 31.6 Å². The number of hydrogen-bond acceptors (Lipinski definition) is 3. The topological polar surface area (TPSA) is 37.4 Å². The van der Waals surface area contributed by atoms with Crippen molar-refractivity contribution in [1.29, 1.82) is 0 Å². The Morgan fingerprint density at radius 2 is 2.29 bits per heavy atom. The first kappa shape index (κ1) is 10.8. The fourth-order valence-electron chi connectivity index (χ4n) is 2.15. The molecule has 2 aliphatic heterocycles. The van der Waals surface area contributed by atoms with Crippen LogP contribution in [-0.2, 0) is 10.0 Å². The fraction of sp³-hybridized carbons (Fsp3) is 1.00. The van der Waals surface area contributed by atoms with Gasteiger partial charge in [-0.25, -0.2) is 8.42 Å². The van der Waals surface area contributed by atoms with Gasteiger partial charge >= 0.3 is 0 Å². The van der Waals surface area contributed by atoms with E-state index < -0.39 is 10.0 Å². The summed E-state index contributed by atoms with van der Waals surface area (Å²) in [7, 11) is -2.93. The van der Waals surface area contributed by atoms with Crippen LogP contribution in [-0.4, -0.2) is 42.1 Å². The van der Waals surface area contributed by atoms with Crippen molar-refractivity contribution in [1.82, 2.24) is 4.31 Å². The SMILES string of the molecule is CCCCS(=O)(=O)N1CC2CC1CS2. The molecule has 2 rings (SSSR count). The second-order valence-electron chi connectivity index (χ2n) is 4.08. The molecule has 2 aliphatic rings. The van der Waals surface area contributed by atoms with Crippen molar-refractivity contribution >= 4 is 21.8 Å². The lowest BCUT2D eigenvalue weighted by Crippen LogP contribution is -2.40. The number of fused-ring (bicyclic) bond motifs is 2. The molecule has 0 amide bonds. The average Bonchev–Trinajstić information content (AvgIpc) is 2.75. The summed E-state index contributed by atoms with van der Waals surface area (Å²) in [6.07, 6.45) is 2.83. The van der Waals surface area contributed by atoms with E-state index in [2.05, 4.69) is 0 Å². The molecule has 0 aliphatic carbocycles. The minimum atomic E-state index is -2.93. The average molecular weight is 235 g/mol. The molecular formula is C9H17NO2S2. The maximum absolute atomic E-state index is 11.9. The van der Waals surface area contributed by atoms with Gasteiger partial charge in [0.1, 0.15) is 0 Å². The van der Waals surface area contributed by atoms with Gasteiger partial charge in [0.15, 0.2) is 0 Å². The molecule has 0 saturated carbocycles. The monoisotopic (exact) mass is 235 g/mol. The van der Waals surface area contributed by atoms with Gasteiger partial charge in [-0.1, -0.05) is 13.3 Å². The Balaban J connectivity index is 2.01. The molecule has 0 radical (unpaired) electrons. The molecule has 5 heteroatoms. The summed E-state index contributed by atoms with van der Waals surface area (Å²) in [6, 6.07) is 0.312. The van der Waals surface area contributed by atoms with Crippen molar-refractivity contribution in [2.24, 2.45) is 0 Å². The molecule has 2 bridgehead atoms. The van der Waals surface area contributed by atoms with Crippen LogP contribution in [0.5, 0.6) is 0 Å². The molecule has 3 nitrogen and oxygen atoms in total. The molecule has 0 spiro atoms. The van der Waals surface area contributed by atoms with E-state index in [1.165, 1.54) is 0 Å². The van der Waals surface area contributed by atoms with E-state index in [1.54, 1.807) is 4.31 Å². The van der Waals surface area contributed by atoms with Gasteiger partial charge in [-0.3, -0.25) is 0 Å².